The summed E-state index contributed by atoms with van der Waals surface area (Å²) in [6, 6.07) is 0. The van der Waals surface area contributed by atoms with Gasteiger partial charge in [-0.15, -0.1) is 0 Å². The van der Waals surface area contributed by atoms with Gasteiger partial charge in [0.25, 0.3) is 0 Å². The lowest BCUT2D eigenvalue weighted by atomic mass is 10.0. The smallest absolute Gasteiger partial charge is 0.462 e. The summed E-state index contributed by atoms with van der Waals surface area (Å²) >= 11 is 0. The summed E-state index contributed by atoms with van der Waals surface area (Å²) in [7, 11) is -9.89. The summed E-state index contributed by atoms with van der Waals surface area (Å²) in [4.78, 5) is 72.3. The Labute approximate surface area is 549 Å². The molecule has 17 nitrogen and oxygen atoms in total. The Morgan fingerprint density at radius 2 is 0.511 bits per heavy atom. The molecule has 0 aromatic rings. The van der Waals surface area contributed by atoms with Crippen LogP contribution in [0, 0.1) is 5.92 Å². The third-order valence-corrected chi connectivity index (χ3v) is 18.4. The zero-order valence-electron chi connectivity index (χ0n) is 58.3. The van der Waals surface area contributed by atoms with Crippen LogP contribution < -0.4 is 0 Å². The maximum Gasteiger partial charge on any atom is 0.472 e. The zero-order chi connectivity index (χ0) is 66.3. The van der Waals surface area contributed by atoms with Gasteiger partial charge in [0.05, 0.1) is 26.4 Å². The highest BCUT2D eigenvalue weighted by Gasteiger charge is 2.30. The van der Waals surface area contributed by atoms with Crippen LogP contribution in [0.5, 0.6) is 0 Å². The van der Waals surface area contributed by atoms with E-state index in [4.69, 9.17) is 37.0 Å². The quantitative estimate of drug-likeness (QED) is 0.0222. The van der Waals surface area contributed by atoms with Gasteiger partial charge in [-0.25, -0.2) is 9.13 Å². The van der Waals surface area contributed by atoms with E-state index in [1.54, 1.807) is 0 Å². The van der Waals surface area contributed by atoms with Crippen LogP contribution in [0.1, 0.15) is 369 Å². The fourth-order valence-corrected chi connectivity index (χ4v) is 12.4. The lowest BCUT2D eigenvalue weighted by Crippen LogP contribution is -2.30. The van der Waals surface area contributed by atoms with Gasteiger partial charge in [-0.05, 0) is 31.6 Å². The Hall–Kier alpha value is -1.94. The van der Waals surface area contributed by atoms with Crippen molar-refractivity contribution >= 4 is 39.5 Å². The number of ether oxygens (including phenoxy) is 4. The number of aliphatic hydroxyl groups is 1. The number of esters is 4. The van der Waals surface area contributed by atoms with Gasteiger partial charge < -0.3 is 33.8 Å². The third-order valence-electron chi connectivity index (χ3n) is 16.5. The Morgan fingerprint density at radius 1 is 0.300 bits per heavy atom. The molecule has 3 N–H and O–H groups in total. The van der Waals surface area contributed by atoms with Crippen molar-refractivity contribution in [2.24, 2.45) is 5.92 Å². The van der Waals surface area contributed by atoms with Gasteiger partial charge >= 0.3 is 39.5 Å². The average molecular weight is 1330 g/mol. The molecule has 0 aliphatic heterocycles. The van der Waals surface area contributed by atoms with Crippen molar-refractivity contribution < 1.29 is 80.2 Å². The van der Waals surface area contributed by atoms with Crippen molar-refractivity contribution in [2.75, 3.05) is 39.6 Å². The van der Waals surface area contributed by atoms with Crippen LogP contribution >= 0.6 is 15.6 Å². The van der Waals surface area contributed by atoms with Gasteiger partial charge in [-0.2, -0.15) is 0 Å². The first-order valence-electron chi connectivity index (χ1n) is 37.1. The molecule has 0 rings (SSSR count). The number of phosphoric acid groups is 2. The maximum atomic E-state index is 13.0. The lowest BCUT2D eigenvalue weighted by molar-refractivity contribution is -0.161. The van der Waals surface area contributed by atoms with Crippen LogP contribution in [-0.2, 0) is 65.4 Å². The molecule has 5 atom stereocenters. The number of hydrogen-bond acceptors (Lipinski definition) is 15. The van der Waals surface area contributed by atoms with E-state index in [9.17, 15) is 43.2 Å². The highest BCUT2D eigenvalue weighted by atomic mass is 31.2. The van der Waals surface area contributed by atoms with Gasteiger partial charge in [0.2, 0.25) is 0 Å². The van der Waals surface area contributed by atoms with Crippen LogP contribution in [0.4, 0.5) is 0 Å². The minimum Gasteiger partial charge on any atom is -0.462 e. The van der Waals surface area contributed by atoms with E-state index >= 15 is 0 Å². The van der Waals surface area contributed by atoms with Gasteiger partial charge in [0, 0.05) is 25.7 Å². The summed E-state index contributed by atoms with van der Waals surface area (Å²) in [5.41, 5.74) is 0. The highest BCUT2D eigenvalue weighted by Crippen LogP contribution is 2.45. The van der Waals surface area contributed by atoms with E-state index < -0.39 is 97.5 Å². The summed E-state index contributed by atoms with van der Waals surface area (Å²) < 4.78 is 68.1. The van der Waals surface area contributed by atoms with Gasteiger partial charge in [-0.1, -0.05) is 317 Å². The summed E-state index contributed by atoms with van der Waals surface area (Å²) in [5.74, 6) is -1.32. The van der Waals surface area contributed by atoms with Crippen molar-refractivity contribution in [1.82, 2.24) is 0 Å². The molecule has 2 unspecified atom stereocenters. The maximum absolute atomic E-state index is 13.0. The number of carbonyl (C=O) groups is 4. The SMILES string of the molecule is CCCCCCCCCCCCCCCCCC(=O)OC[C@H](COP(=O)(O)OC[C@@H](O)COP(=O)(O)OC[C@@H](COC(=O)CCCCCCC)OC(=O)CCCCCCCCCCCCC)OC(=O)CCCCCCCCCCCCCCCCCCC(C)C. The molecule has 19 heteroatoms. The number of hydrogen-bond donors (Lipinski definition) is 3. The first-order chi connectivity index (χ1) is 43.5. The normalized spacial score (nSPS) is 14.1. The van der Waals surface area contributed by atoms with Crippen LogP contribution in [0.3, 0.4) is 0 Å². The molecule has 0 aromatic carbocycles. The fraction of sp³-hybridized carbons (Fsp3) is 0.944. The molecule has 0 spiro atoms. The molecule has 0 aliphatic carbocycles. The standard InChI is InChI=1S/C71H138O17P2/c1-6-9-12-15-17-19-21-22-25-29-33-36-40-45-50-55-69(74)82-61-67(88-71(76)57-52-47-42-38-34-30-27-24-23-26-28-32-35-39-44-48-53-64(4)5)63-86-90(79,80)84-59-65(72)58-83-89(77,78)85-62-66(60-81-68(73)54-49-43-14-11-8-3)87-70(75)56-51-46-41-37-31-20-18-16-13-10-7-2/h64-67,72H,6-63H2,1-5H3,(H,77,78)(H,79,80)/t65-,66+,67+/m0/s1. The molecule has 0 amide bonds. The second-order valence-electron chi connectivity index (χ2n) is 26.1. The van der Waals surface area contributed by atoms with E-state index in [0.29, 0.717) is 25.7 Å². The minimum absolute atomic E-state index is 0.106. The number of aliphatic hydroxyl groups excluding tert-OH is 1. The van der Waals surface area contributed by atoms with Crippen LogP contribution in [0.2, 0.25) is 0 Å². The fourth-order valence-electron chi connectivity index (χ4n) is 10.8. The molecule has 0 aliphatic rings. The first-order valence-corrected chi connectivity index (χ1v) is 40.1. The number of phosphoric ester groups is 2. The molecular weight excluding hydrogens is 1190 g/mol. The molecule has 0 saturated carbocycles. The van der Waals surface area contributed by atoms with Crippen molar-refractivity contribution in [3.8, 4) is 0 Å². The van der Waals surface area contributed by atoms with Crippen molar-refractivity contribution in [1.29, 1.82) is 0 Å². The Bertz CT molecular complexity index is 1740. The zero-order valence-corrected chi connectivity index (χ0v) is 60.1. The Kier molecular flexibility index (Phi) is 63.0. The van der Waals surface area contributed by atoms with E-state index in [1.807, 2.05) is 0 Å². The van der Waals surface area contributed by atoms with Crippen molar-refractivity contribution in [3.63, 3.8) is 0 Å². The van der Waals surface area contributed by atoms with Crippen LogP contribution in [0.25, 0.3) is 0 Å². The van der Waals surface area contributed by atoms with E-state index in [-0.39, 0.29) is 25.7 Å². The first kappa shape index (κ1) is 88.1. The van der Waals surface area contributed by atoms with Gasteiger partial charge in [0.15, 0.2) is 12.2 Å². The second-order valence-corrected chi connectivity index (χ2v) is 29.0. The molecule has 0 saturated heterocycles. The van der Waals surface area contributed by atoms with E-state index in [2.05, 4.69) is 34.6 Å². The molecule has 0 bridgehead atoms. The van der Waals surface area contributed by atoms with E-state index in [0.717, 1.165) is 102 Å². The molecular formula is C71H138O17P2. The Morgan fingerprint density at radius 3 is 0.756 bits per heavy atom. The van der Waals surface area contributed by atoms with E-state index in [1.165, 1.54) is 186 Å². The van der Waals surface area contributed by atoms with Crippen LogP contribution in [0.15, 0.2) is 0 Å². The molecule has 534 valence electrons. The predicted molar refractivity (Wildman–Crippen MR) is 363 cm³/mol. The average Bonchev–Trinajstić information content (AvgIpc) is 3.03. The Balaban J connectivity index is 5.14. The van der Waals surface area contributed by atoms with Crippen LogP contribution in [-0.4, -0.2) is 96.7 Å². The minimum atomic E-state index is -4.95. The summed E-state index contributed by atoms with van der Waals surface area (Å²) in [5, 5.41) is 10.6. The highest BCUT2D eigenvalue weighted by molar-refractivity contribution is 7.47. The third kappa shape index (κ3) is 64.8. The number of rotatable bonds is 71. The lowest BCUT2D eigenvalue weighted by Gasteiger charge is -2.21. The predicted octanol–water partition coefficient (Wildman–Crippen LogP) is 20.5. The van der Waals surface area contributed by atoms with Crippen molar-refractivity contribution in [3.05, 3.63) is 0 Å². The molecule has 0 fully saturated rings. The number of carbonyl (C=O) groups excluding carboxylic acids is 4. The monoisotopic (exact) mass is 1320 g/mol. The molecule has 90 heavy (non-hydrogen) atoms. The molecule has 0 radical (unpaired) electrons. The summed E-state index contributed by atoms with van der Waals surface area (Å²) in [6.07, 6.45) is 51.7. The topological polar surface area (TPSA) is 237 Å². The number of unbranched alkanes of at least 4 members (excludes halogenated alkanes) is 43. The largest absolute Gasteiger partial charge is 0.472 e. The van der Waals surface area contributed by atoms with Gasteiger partial charge in [0.1, 0.15) is 19.3 Å². The summed E-state index contributed by atoms with van der Waals surface area (Å²) in [6.45, 7) is 7.20. The van der Waals surface area contributed by atoms with Gasteiger partial charge in [-0.3, -0.25) is 37.3 Å². The molecule has 0 heterocycles. The second kappa shape index (κ2) is 64.4. The van der Waals surface area contributed by atoms with Crippen molar-refractivity contribution in [2.45, 2.75) is 387 Å². The molecule has 0 aromatic heterocycles.